The highest BCUT2D eigenvalue weighted by Gasteiger charge is 2.24. The highest BCUT2D eigenvalue weighted by atomic mass is 35.5. The van der Waals surface area contributed by atoms with Crippen LogP contribution < -0.4 is 0 Å². The summed E-state index contributed by atoms with van der Waals surface area (Å²) in [5.41, 5.74) is -1.06. The molecule has 0 aliphatic heterocycles. The van der Waals surface area contributed by atoms with Gasteiger partial charge in [-0.3, -0.25) is 4.79 Å². The Labute approximate surface area is 104 Å². The van der Waals surface area contributed by atoms with Crippen molar-refractivity contribution in [3.8, 4) is 0 Å². The first kappa shape index (κ1) is 13.9. The maximum atomic E-state index is 13.4. The summed E-state index contributed by atoms with van der Waals surface area (Å²) < 4.78 is 13.4. The Morgan fingerprint density at radius 1 is 1.53 bits per heavy atom. The highest BCUT2D eigenvalue weighted by Crippen LogP contribution is 2.24. The van der Waals surface area contributed by atoms with Gasteiger partial charge in [0.2, 0.25) is 0 Å². The number of carboxylic acid groups (broad SMARTS) is 1. The van der Waals surface area contributed by atoms with Crippen molar-refractivity contribution in [2.24, 2.45) is 0 Å². The Balaban J connectivity index is 2.70. The van der Waals surface area contributed by atoms with Crippen molar-refractivity contribution in [2.45, 2.75) is 31.8 Å². The Bertz CT molecular complexity index is 398. The molecule has 1 aromatic carbocycles. The Kier molecular flexibility index (Phi) is 4.48. The van der Waals surface area contributed by atoms with Crippen LogP contribution in [0.5, 0.6) is 0 Å². The maximum absolute atomic E-state index is 13.4. The zero-order valence-electron chi connectivity index (χ0n) is 9.41. The molecule has 5 heteroatoms. The molecule has 1 aromatic rings. The van der Waals surface area contributed by atoms with Gasteiger partial charge >= 0.3 is 5.97 Å². The molecule has 0 aliphatic carbocycles. The number of carboxylic acids is 1. The fourth-order valence-electron chi connectivity index (χ4n) is 1.58. The summed E-state index contributed by atoms with van der Waals surface area (Å²) in [6.45, 7) is 1.41. The summed E-state index contributed by atoms with van der Waals surface area (Å²) in [7, 11) is 0. The van der Waals surface area contributed by atoms with Crippen molar-refractivity contribution >= 4 is 17.6 Å². The van der Waals surface area contributed by atoms with E-state index in [-0.39, 0.29) is 24.3 Å². The summed E-state index contributed by atoms with van der Waals surface area (Å²) in [5.74, 6) is -1.53. The van der Waals surface area contributed by atoms with Crippen molar-refractivity contribution < 1.29 is 19.4 Å². The number of benzene rings is 1. The summed E-state index contributed by atoms with van der Waals surface area (Å²) in [5, 5.41) is 18.7. The predicted molar refractivity (Wildman–Crippen MR) is 62.6 cm³/mol. The third-order valence-electron chi connectivity index (χ3n) is 2.51. The molecular formula is C12H14ClFO3. The average Bonchev–Trinajstić information content (AvgIpc) is 2.14. The molecule has 94 valence electrons. The zero-order chi connectivity index (χ0) is 13.1. The molecule has 0 saturated heterocycles. The van der Waals surface area contributed by atoms with Crippen molar-refractivity contribution in [1.82, 2.24) is 0 Å². The standard InChI is InChI=1S/C12H14ClFO3/c1-12(17,7-11(15)16)6-5-8-9(13)3-2-4-10(8)14/h2-4,17H,5-7H2,1H3,(H,15,16). The number of rotatable bonds is 5. The van der Waals surface area contributed by atoms with Crippen LogP contribution in [-0.4, -0.2) is 21.8 Å². The number of carbonyl (C=O) groups is 1. The minimum absolute atomic E-state index is 0.139. The SMILES string of the molecule is CC(O)(CCc1c(F)cccc1Cl)CC(=O)O. The lowest BCUT2D eigenvalue weighted by atomic mass is 9.93. The van der Waals surface area contributed by atoms with E-state index in [0.29, 0.717) is 5.56 Å². The quantitative estimate of drug-likeness (QED) is 0.856. The second-order valence-electron chi connectivity index (χ2n) is 4.27. The lowest BCUT2D eigenvalue weighted by Gasteiger charge is -2.21. The van der Waals surface area contributed by atoms with Gasteiger partial charge in [0.15, 0.2) is 0 Å². The fraction of sp³-hybridized carbons (Fsp3) is 0.417. The van der Waals surface area contributed by atoms with Crippen molar-refractivity contribution in [3.63, 3.8) is 0 Å². The first-order chi connectivity index (χ1) is 7.82. The van der Waals surface area contributed by atoms with E-state index in [1.807, 2.05) is 0 Å². The van der Waals surface area contributed by atoms with Gasteiger partial charge in [0.05, 0.1) is 12.0 Å². The third-order valence-corrected chi connectivity index (χ3v) is 2.86. The molecule has 0 bridgehead atoms. The zero-order valence-corrected chi connectivity index (χ0v) is 10.2. The van der Waals surface area contributed by atoms with Gasteiger partial charge in [-0.05, 0) is 31.9 Å². The Morgan fingerprint density at radius 3 is 2.71 bits per heavy atom. The fourth-order valence-corrected chi connectivity index (χ4v) is 1.84. The van der Waals surface area contributed by atoms with Gasteiger partial charge in [0, 0.05) is 10.6 Å². The second kappa shape index (κ2) is 5.47. The predicted octanol–water partition coefficient (Wildman–Crippen LogP) is 2.64. The molecular weight excluding hydrogens is 247 g/mol. The van der Waals surface area contributed by atoms with E-state index < -0.39 is 17.4 Å². The molecule has 1 rings (SSSR count). The Morgan fingerprint density at radius 2 is 2.18 bits per heavy atom. The first-order valence-corrected chi connectivity index (χ1v) is 5.57. The summed E-state index contributed by atoms with van der Waals surface area (Å²) >= 11 is 5.83. The Hall–Kier alpha value is -1.13. The van der Waals surface area contributed by atoms with E-state index >= 15 is 0 Å². The molecule has 1 unspecified atom stereocenters. The molecule has 17 heavy (non-hydrogen) atoms. The van der Waals surface area contributed by atoms with Crippen molar-refractivity contribution in [2.75, 3.05) is 0 Å². The highest BCUT2D eigenvalue weighted by molar-refractivity contribution is 6.31. The lowest BCUT2D eigenvalue weighted by Crippen LogP contribution is -2.28. The van der Waals surface area contributed by atoms with E-state index in [2.05, 4.69) is 0 Å². The van der Waals surface area contributed by atoms with Crippen molar-refractivity contribution in [1.29, 1.82) is 0 Å². The van der Waals surface area contributed by atoms with Crippen LogP contribution in [0.2, 0.25) is 5.02 Å². The number of halogens is 2. The number of hydrogen-bond donors (Lipinski definition) is 2. The summed E-state index contributed by atoms with van der Waals surface area (Å²) in [6, 6.07) is 4.34. The van der Waals surface area contributed by atoms with Crippen LogP contribution in [0.1, 0.15) is 25.3 Å². The normalized spacial score (nSPS) is 14.4. The van der Waals surface area contributed by atoms with Gasteiger partial charge in [-0.25, -0.2) is 4.39 Å². The molecule has 0 aliphatic rings. The van der Waals surface area contributed by atoms with Crippen LogP contribution in [0.15, 0.2) is 18.2 Å². The van der Waals surface area contributed by atoms with Crippen molar-refractivity contribution in [3.05, 3.63) is 34.6 Å². The van der Waals surface area contributed by atoms with Crippen LogP contribution in [-0.2, 0) is 11.2 Å². The van der Waals surface area contributed by atoms with Crippen LogP contribution in [0.3, 0.4) is 0 Å². The molecule has 0 fully saturated rings. The van der Waals surface area contributed by atoms with Crippen LogP contribution in [0.25, 0.3) is 0 Å². The molecule has 0 radical (unpaired) electrons. The van der Waals surface area contributed by atoms with E-state index in [1.54, 1.807) is 6.07 Å². The van der Waals surface area contributed by atoms with Gasteiger partial charge in [-0.2, -0.15) is 0 Å². The van der Waals surface area contributed by atoms with Crippen LogP contribution >= 0.6 is 11.6 Å². The molecule has 3 nitrogen and oxygen atoms in total. The van der Waals surface area contributed by atoms with Crippen LogP contribution in [0, 0.1) is 5.82 Å². The van der Waals surface area contributed by atoms with E-state index in [9.17, 15) is 14.3 Å². The van der Waals surface area contributed by atoms with Gasteiger partial charge in [-0.1, -0.05) is 17.7 Å². The van der Waals surface area contributed by atoms with Gasteiger partial charge in [0.1, 0.15) is 5.82 Å². The maximum Gasteiger partial charge on any atom is 0.306 e. The van der Waals surface area contributed by atoms with Crippen LogP contribution in [0.4, 0.5) is 4.39 Å². The monoisotopic (exact) mass is 260 g/mol. The van der Waals surface area contributed by atoms with E-state index in [4.69, 9.17) is 16.7 Å². The third kappa shape index (κ3) is 4.32. The number of aliphatic carboxylic acids is 1. The summed E-state index contributed by atoms with van der Waals surface area (Å²) in [4.78, 5) is 10.5. The van der Waals surface area contributed by atoms with Gasteiger partial charge < -0.3 is 10.2 Å². The number of hydrogen-bond acceptors (Lipinski definition) is 2. The van der Waals surface area contributed by atoms with E-state index in [0.717, 1.165) is 0 Å². The van der Waals surface area contributed by atoms with E-state index in [1.165, 1.54) is 19.1 Å². The minimum atomic E-state index is -1.36. The molecule has 0 aromatic heterocycles. The topological polar surface area (TPSA) is 57.5 Å². The molecule has 0 saturated carbocycles. The lowest BCUT2D eigenvalue weighted by molar-refractivity contribution is -0.142. The first-order valence-electron chi connectivity index (χ1n) is 5.19. The summed E-state index contributed by atoms with van der Waals surface area (Å²) in [6.07, 6.45) is -0.0369. The minimum Gasteiger partial charge on any atom is -0.481 e. The molecule has 0 amide bonds. The smallest absolute Gasteiger partial charge is 0.306 e. The molecule has 0 heterocycles. The largest absolute Gasteiger partial charge is 0.481 e. The van der Waals surface area contributed by atoms with Gasteiger partial charge in [0.25, 0.3) is 0 Å². The molecule has 0 spiro atoms. The average molecular weight is 261 g/mol. The number of aliphatic hydroxyl groups is 1. The molecule has 1 atom stereocenters. The second-order valence-corrected chi connectivity index (χ2v) is 4.67. The van der Waals surface area contributed by atoms with Gasteiger partial charge in [-0.15, -0.1) is 0 Å². The molecule has 2 N–H and O–H groups in total.